The lowest BCUT2D eigenvalue weighted by Crippen LogP contribution is -1.99. The zero-order valence-corrected chi connectivity index (χ0v) is 8.87. The predicted molar refractivity (Wildman–Crippen MR) is 60.1 cm³/mol. The Kier molecular flexibility index (Phi) is 2.12. The van der Waals surface area contributed by atoms with Gasteiger partial charge in [-0.3, -0.25) is 0 Å². The minimum atomic E-state index is 0.537. The second-order valence-corrected chi connectivity index (χ2v) is 3.64. The average Bonchev–Trinajstić information content (AvgIpc) is 2.99. The van der Waals surface area contributed by atoms with Crippen LogP contribution in [-0.2, 0) is 6.54 Å². The maximum Gasteiger partial charge on any atom is 0.213 e. The molecule has 0 spiro atoms. The Morgan fingerprint density at radius 3 is 3.06 bits per heavy atom. The van der Waals surface area contributed by atoms with Gasteiger partial charge in [0.1, 0.15) is 0 Å². The van der Waals surface area contributed by atoms with Crippen molar-refractivity contribution in [2.45, 2.75) is 6.54 Å². The standard InChI is InChI=1S/C12H8N4O/c13-6-9-2-1-3-11-10(9)4-5-16(11)7-12-14-8-17-15-12/h1-5,8H,7H2. The molecule has 0 amide bonds. The maximum absolute atomic E-state index is 9.00. The van der Waals surface area contributed by atoms with Gasteiger partial charge in [0.25, 0.3) is 0 Å². The molecule has 0 aliphatic rings. The van der Waals surface area contributed by atoms with E-state index in [-0.39, 0.29) is 0 Å². The molecule has 82 valence electrons. The molecule has 0 fully saturated rings. The summed E-state index contributed by atoms with van der Waals surface area (Å²) in [6.07, 6.45) is 3.23. The Balaban J connectivity index is 2.10. The topological polar surface area (TPSA) is 67.6 Å². The summed E-state index contributed by atoms with van der Waals surface area (Å²) >= 11 is 0. The number of nitriles is 1. The summed E-state index contributed by atoms with van der Waals surface area (Å²) in [5, 5.41) is 13.7. The Hall–Kier alpha value is -2.61. The third-order valence-electron chi connectivity index (χ3n) is 2.65. The van der Waals surface area contributed by atoms with Gasteiger partial charge >= 0.3 is 0 Å². The highest BCUT2D eigenvalue weighted by Crippen LogP contribution is 2.20. The SMILES string of the molecule is N#Cc1cccc2c1ccn2Cc1ncon1. The maximum atomic E-state index is 9.00. The van der Waals surface area contributed by atoms with Gasteiger partial charge in [0, 0.05) is 17.1 Å². The van der Waals surface area contributed by atoms with E-state index >= 15 is 0 Å². The van der Waals surface area contributed by atoms with Gasteiger partial charge < -0.3 is 9.09 Å². The van der Waals surface area contributed by atoms with E-state index in [1.807, 2.05) is 29.0 Å². The molecular formula is C12H8N4O. The van der Waals surface area contributed by atoms with Crippen LogP contribution in [-0.4, -0.2) is 14.7 Å². The molecule has 0 aliphatic carbocycles. The molecule has 1 aromatic carbocycles. The van der Waals surface area contributed by atoms with Crippen LogP contribution in [0.3, 0.4) is 0 Å². The van der Waals surface area contributed by atoms with Crippen molar-refractivity contribution >= 4 is 10.9 Å². The first kappa shape index (κ1) is 9.60. The number of rotatable bonds is 2. The van der Waals surface area contributed by atoms with Crippen molar-refractivity contribution in [2.75, 3.05) is 0 Å². The number of hydrogen-bond acceptors (Lipinski definition) is 4. The van der Waals surface area contributed by atoms with E-state index in [2.05, 4.69) is 16.2 Å². The quantitative estimate of drug-likeness (QED) is 0.667. The molecule has 0 saturated carbocycles. The highest BCUT2D eigenvalue weighted by molar-refractivity contribution is 5.86. The molecule has 2 aromatic heterocycles. The van der Waals surface area contributed by atoms with Gasteiger partial charge in [-0.25, -0.2) is 0 Å². The fourth-order valence-electron chi connectivity index (χ4n) is 1.87. The third kappa shape index (κ3) is 1.56. The van der Waals surface area contributed by atoms with Crippen LogP contribution in [0.2, 0.25) is 0 Å². The summed E-state index contributed by atoms with van der Waals surface area (Å²) in [6, 6.07) is 9.75. The van der Waals surface area contributed by atoms with E-state index in [9.17, 15) is 0 Å². The predicted octanol–water partition coefficient (Wildman–Crippen LogP) is 1.94. The third-order valence-corrected chi connectivity index (χ3v) is 2.65. The van der Waals surface area contributed by atoms with E-state index in [1.165, 1.54) is 6.39 Å². The number of aromatic nitrogens is 3. The van der Waals surface area contributed by atoms with E-state index in [1.54, 1.807) is 6.07 Å². The van der Waals surface area contributed by atoms with Crippen LogP contribution >= 0.6 is 0 Å². The Morgan fingerprint density at radius 1 is 1.35 bits per heavy atom. The van der Waals surface area contributed by atoms with Gasteiger partial charge in [-0.2, -0.15) is 10.2 Å². The largest absolute Gasteiger partial charge is 0.343 e. The summed E-state index contributed by atoms with van der Waals surface area (Å²) in [5.74, 6) is 0.616. The van der Waals surface area contributed by atoms with Crippen LogP contribution in [0.15, 0.2) is 41.4 Å². The first-order chi connectivity index (χ1) is 8.38. The zero-order chi connectivity index (χ0) is 11.7. The first-order valence-corrected chi connectivity index (χ1v) is 5.11. The normalized spacial score (nSPS) is 10.5. The fraction of sp³-hybridized carbons (Fsp3) is 0.0833. The Bertz CT molecular complexity index is 691. The second-order valence-electron chi connectivity index (χ2n) is 3.64. The van der Waals surface area contributed by atoms with Crippen LogP contribution in [0.5, 0.6) is 0 Å². The lowest BCUT2D eigenvalue weighted by molar-refractivity contribution is 0.408. The summed E-state index contributed by atoms with van der Waals surface area (Å²) in [4.78, 5) is 3.98. The molecule has 5 heteroatoms. The number of benzene rings is 1. The molecule has 3 aromatic rings. The van der Waals surface area contributed by atoms with E-state index in [4.69, 9.17) is 9.78 Å². The second kappa shape index (κ2) is 3.76. The minimum Gasteiger partial charge on any atom is -0.343 e. The van der Waals surface area contributed by atoms with Crippen LogP contribution < -0.4 is 0 Å². The monoisotopic (exact) mass is 224 g/mol. The van der Waals surface area contributed by atoms with Crippen molar-refractivity contribution in [3.05, 3.63) is 48.2 Å². The fourth-order valence-corrected chi connectivity index (χ4v) is 1.87. The summed E-state index contributed by atoms with van der Waals surface area (Å²) < 4.78 is 6.68. The first-order valence-electron chi connectivity index (χ1n) is 5.11. The molecule has 0 N–H and O–H groups in total. The van der Waals surface area contributed by atoms with Crippen LogP contribution in [0, 0.1) is 11.3 Å². The molecule has 3 rings (SSSR count). The van der Waals surface area contributed by atoms with Crippen molar-refractivity contribution < 1.29 is 4.52 Å². The number of fused-ring (bicyclic) bond motifs is 1. The van der Waals surface area contributed by atoms with Gasteiger partial charge in [-0.15, -0.1) is 0 Å². The summed E-state index contributed by atoms with van der Waals surface area (Å²) in [6.45, 7) is 0.537. The minimum absolute atomic E-state index is 0.537. The highest BCUT2D eigenvalue weighted by Gasteiger charge is 2.07. The molecule has 17 heavy (non-hydrogen) atoms. The van der Waals surface area contributed by atoms with E-state index in [0.29, 0.717) is 17.9 Å². The van der Waals surface area contributed by atoms with Crippen molar-refractivity contribution in [1.29, 1.82) is 5.26 Å². The smallest absolute Gasteiger partial charge is 0.213 e. The molecule has 0 unspecified atom stereocenters. The molecule has 0 atom stereocenters. The van der Waals surface area contributed by atoms with Crippen LogP contribution in [0.4, 0.5) is 0 Å². The molecule has 2 heterocycles. The molecule has 0 aliphatic heterocycles. The Morgan fingerprint density at radius 2 is 2.29 bits per heavy atom. The van der Waals surface area contributed by atoms with Crippen LogP contribution in [0.25, 0.3) is 10.9 Å². The van der Waals surface area contributed by atoms with E-state index < -0.39 is 0 Å². The molecule has 0 bridgehead atoms. The lowest BCUT2D eigenvalue weighted by Gasteiger charge is -2.01. The van der Waals surface area contributed by atoms with Gasteiger partial charge in [0.05, 0.1) is 18.2 Å². The van der Waals surface area contributed by atoms with Gasteiger partial charge in [-0.1, -0.05) is 11.2 Å². The van der Waals surface area contributed by atoms with Gasteiger partial charge in [-0.05, 0) is 18.2 Å². The van der Waals surface area contributed by atoms with Gasteiger partial charge in [0.2, 0.25) is 6.39 Å². The lowest BCUT2D eigenvalue weighted by atomic mass is 10.1. The number of hydrogen-bond donors (Lipinski definition) is 0. The average molecular weight is 224 g/mol. The molecular weight excluding hydrogens is 216 g/mol. The molecule has 5 nitrogen and oxygen atoms in total. The summed E-state index contributed by atoms with van der Waals surface area (Å²) in [7, 11) is 0. The molecule has 0 saturated heterocycles. The Labute approximate surface area is 96.9 Å². The van der Waals surface area contributed by atoms with E-state index in [0.717, 1.165) is 10.9 Å². The van der Waals surface area contributed by atoms with Gasteiger partial charge in [0.15, 0.2) is 5.82 Å². The van der Waals surface area contributed by atoms with Crippen molar-refractivity contribution in [1.82, 2.24) is 14.7 Å². The number of nitrogens with zero attached hydrogens (tertiary/aromatic N) is 4. The van der Waals surface area contributed by atoms with Crippen molar-refractivity contribution in [3.8, 4) is 6.07 Å². The zero-order valence-electron chi connectivity index (χ0n) is 8.87. The summed E-state index contributed by atoms with van der Waals surface area (Å²) in [5.41, 5.74) is 1.67. The molecule has 0 radical (unpaired) electrons. The van der Waals surface area contributed by atoms with Crippen molar-refractivity contribution in [3.63, 3.8) is 0 Å². The van der Waals surface area contributed by atoms with Crippen molar-refractivity contribution in [2.24, 2.45) is 0 Å². The van der Waals surface area contributed by atoms with Crippen LogP contribution in [0.1, 0.15) is 11.4 Å². The highest BCUT2D eigenvalue weighted by atomic mass is 16.5.